The molecular formula is C11H9ClF3NO2. The summed E-state index contributed by atoms with van der Waals surface area (Å²) in [7, 11) is 0. The van der Waals surface area contributed by atoms with Crippen LogP contribution in [0.15, 0.2) is 18.2 Å². The largest absolute Gasteiger partial charge is 0.417 e. The van der Waals surface area contributed by atoms with Crippen molar-refractivity contribution in [1.82, 2.24) is 4.90 Å². The fourth-order valence-corrected chi connectivity index (χ4v) is 1.90. The molecule has 0 saturated carbocycles. The fourth-order valence-electron chi connectivity index (χ4n) is 1.68. The van der Waals surface area contributed by atoms with Crippen LogP contribution in [0.1, 0.15) is 15.9 Å². The van der Waals surface area contributed by atoms with E-state index in [1.54, 1.807) is 0 Å². The van der Waals surface area contributed by atoms with E-state index in [9.17, 15) is 18.0 Å². The number of β-amino-alcohol motifs (C(OH)–C–C–N with tert-alkyl or cyclic N) is 1. The van der Waals surface area contributed by atoms with Crippen molar-refractivity contribution in [2.75, 3.05) is 13.1 Å². The van der Waals surface area contributed by atoms with E-state index in [-0.39, 0.29) is 18.7 Å². The number of likely N-dealkylation sites (tertiary alicyclic amines) is 1. The van der Waals surface area contributed by atoms with Gasteiger partial charge in [-0.25, -0.2) is 0 Å². The van der Waals surface area contributed by atoms with Gasteiger partial charge in [0.05, 0.1) is 16.7 Å². The maximum Gasteiger partial charge on any atom is 0.417 e. The highest BCUT2D eigenvalue weighted by Crippen LogP contribution is 2.35. The first-order valence-corrected chi connectivity index (χ1v) is 5.51. The molecule has 0 bridgehead atoms. The van der Waals surface area contributed by atoms with Gasteiger partial charge in [-0.1, -0.05) is 11.6 Å². The number of aliphatic hydroxyl groups excluding tert-OH is 1. The van der Waals surface area contributed by atoms with Crippen molar-refractivity contribution in [1.29, 1.82) is 0 Å². The van der Waals surface area contributed by atoms with Crippen LogP contribution in [0.5, 0.6) is 0 Å². The summed E-state index contributed by atoms with van der Waals surface area (Å²) in [4.78, 5) is 13.0. The molecule has 1 heterocycles. The predicted octanol–water partition coefficient (Wildman–Crippen LogP) is 2.18. The molecule has 1 aromatic carbocycles. The molecule has 7 heteroatoms. The van der Waals surface area contributed by atoms with Gasteiger partial charge in [0.2, 0.25) is 0 Å². The number of hydrogen-bond acceptors (Lipinski definition) is 2. The second-order valence-electron chi connectivity index (χ2n) is 4.06. The summed E-state index contributed by atoms with van der Waals surface area (Å²) in [5.74, 6) is -0.539. The third-order valence-electron chi connectivity index (χ3n) is 2.67. The number of carbonyl (C=O) groups is 1. The Bertz CT molecular complexity index is 484. The second kappa shape index (κ2) is 4.44. The van der Waals surface area contributed by atoms with Gasteiger partial charge >= 0.3 is 6.18 Å². The average Bonchev–Trinajstić information content (AvgIpc) is 2.23. The Balaban J connectivity index is 2.27. The minimum Gasteiger partial charge on any atom is -0.389 e. The molecular weight excluding hydrogens is 271 g/mol. The minimum atomic E-state index is -4.60. The van der Waals surface area contributed by atoms with Crippen LogP contribution in [0.25, 0.3) is 0 Å². The van der Waals surface area contributed by atoms with Gasteiger partial charge in [-0.05, 0) is 18.2 Å². The molecule has 1 N–H and O–H groups in total. The molecule has 1 fully saturated rings. The van der Waals surface area contributed by atoms with Crippen LogP contribution in [-0.4, -0.2) is 35.1 Å². The van der Waals surface area contributed by atoms with Crippen LogP contribution in [-0.2, 0) is 6.18 Å². The Kier molecular flexibility index (Phi) is 3.25. The van der Waals surface area contributed by atoms with E-state index >= 15 is 0 Å². The van der Waals surface area contributed by atoms with Crippen molar-refractivity contribution in [2.45, 2.75) is 12.3 Å². The van der Waals surface area contributed by atoms with Crippen LogP contribution in [0, 0.1) is 0 Å². The van der Waals surface area contributed by atoms with Crippen LogP contribution in [0.2, 0.25) is 5.02 Å². The van der Waals surface area contributed by atoms with Crippen molar-refractivity contribution in [2.24, 2.45) is 0 Å². The van der Waals surface area contributed by atoms with Crippen molar-refractivity contribution in [3.05, 3.63) is 34.3 Å². The maximum absolute atomic E-state index is 12.6. The molecule has 1 aliphatic heterocycles. The van der Waals surface area contributed by atoms with Crippen LogP contribution in [0.3, 0.4) is 0 Å². The summed E-state index contributed by atoms with van der Waals surface area (Å²) in [5.41, 5.74) is -1.12. The quantitative estimate of drug-likeness (QED) is 0.856. The third kappa shape index (κ3) is 2.44. The molecule has 1 aromatic rings. The SMILES string of the molecule is O=C(c1ccc(Cl)c(C(F)(F)F)c1)N1CC(O)C1. The lowest BCUT2D eigenvalue weighted by atomic mass is 10.1. The van der Waals surface area contributed by atoms with E-state index in [2.05, 4.69) is 0 Å². The molecule has 0 spiro atoms. The minimum absolute atomic E-state index is 0.0846. The molecule has 18 heavy (non-hydrogen) atoms. The van der Waals surface area contributed by atoms with Gasteiger partial charge in [0.1, 0.15) is 0 Å². The van der Waals surface area contributed by atoms with Crippen molar-refractivity contribution in [3.8, 4) is 0 Å². The summed E-state index contributed by atoms with van der Waals surface area (Å²) in [6, 6.07) is 3.02. The Hall–Kier alpha value is -1.27. The molecule has 0 radical (unpaired) electrons. The maximum atomic E-state index is 12.6. The van der Waals surface area contributed by atoms with Crippen molar-refractivity contribution >= 4 is 17.5 Å². The van der Waals surface area contributed by atoms with Crippen LogP contribution in [0.4, 0.5) is 13.2 Å². The number of rotatable bonds is 1. The molecule has 1 amide bonds. The highest BCUT2D eigenvalue weighted by molar-refractivity contribution is 6.31. The molecule has 0 atom stereocenters. The zero-order chi connectivity index (χ0) is 13.5. The van der Waals surface area contributed by atoms with E-state index in [4.69, 9.17) is 16.7 Å². The Morgan fingerprint density at radius 2 is 2.00 bits per heavy atom. The summed E-state index contributed by atoms with van der Waals surface area (Å²) >= 11 is 5.45. The molecule has 0 aromatic heterocycles. The van der Waals surface area contributed by atoms with Crippen LogP contribution < -0.4 is 0 Å². The standard InChI is InChI=1S/C11H9ClF3NO2/c12-9-2-1-6(3-8(9)11(13,14)15)10(18)16-4-7(17)5-16/h1-3,7,17H,4-5H2. The van der Waals surface area contributed by atoms with Gasteiger partial charge in [0.15, 0.2) is 0 Å². The summed E-state index contributed by atoms with van der Waals surface area (Å²) < 4.78 is 37.8. The smallest absolute Gasteiger partial charge is 0.389 e. The summed E-state index contributed by atoms with van der Waals surface area (Å²) in [6.45, 7) is 0.283. The first kappa shape index (κ1) is 13.2. The lowest BCUT2D eigenvalue weighted by molar-refractivity contribution is -0.137. The van der Waals surface area contributed by atoms with Gasteiger partial charge in [-0.3, -0.25) is 4.79 Å². The zero-order valence-corrected chi connectivity index (χ0v) is 9.79. The highest BCUT2D eigenvalue weighted by Gasteiger charge is 2.35. The Morgan fingerprint density at radius 3 is 2.50 bits per heavy atom. The second-order valence-corrected chi connectivity index (χ2v) is 4.46. The van der Waals surface area contributed by atoms with Crippen LogP contribution >= 0.6 is 11.6 Å². The average molecular weight is 280 g/mol. The number of carbonyl (C=O) groups excluding carboxylic acids is 1. The van der Waals surface area contributed by atoms with Gasteiger partial charge in [0.25, 0.3) is 5.91 Å². The zero-order valence-electron chi connectivity index (χ0n) is 9.04. The Labute approximate surface area is 106 Å². The monoisotopic (exact) mass is 279 g/mol. The topological polar surface area (TPSA) is 40.5 Å². The van der Waals surface area contributed by atoms with E-state index in [1.165, 1.54) is 11.0 Å². The third-order valence-corrected chi connectivity index (χ3v) is 3.00. The number of aliphatic hydroxyl groups is 1. The lowest BCUT2D eigenvalue weighted by Crippen LogP contribution is -2.53. The molecule has 3 nitrogen and oxygen atoms in total. The fraction of sp³-hybridized carbons (Fsp3) is 0.364. The molecule has 98 valence electrons. The first-order chi connectivity index (χ1) is 8.29. The van der Waals surface area contributed by atoms with Gasteiger partial charge in [-0.2, -0.15) is 13.2 Å². The van der Waals surface area contributed by atoms with E-state index in [0.29, 0.717) is 0 Å². The summed E-state index contributed by atoms with van der Waals surface area (Å²) in [5, 5.41) is 8.61. The van der Waals surface area contributed by atoms with E-state index in [1.807, 2.05) is 0 Å². The van der Waals surface area contributed by atoms with Gasteiger partial charge in [-0.15, -0.1) is 0 Å². The molecule has 2 rings (SSSR count). The first-order valence-electron chi connectivity index (χ1n) is 5.13. The Morgan fingerprint density at radius 1 is 1.39 bits per heavy atom. The van der Waals surface area contributed by atoms with Gasteiger partial charge in [0, 0.05) is 18.7 Å². The molecule has 1 saturated heterocycles. The van der Waals surface area contributed by atoms with E-state index < -0.39 is 28.8 Å². The normalized spacial score (nSPS) is 16.6. The van der Waals surface area contributed by atoms with E-state index in [0.717, 1.165) is 12.1 Å². The lowest BCUT2D eigenvalue weighted by Gasteiger charge is -2.36. The number of amides is 1. The number of nitrogens with zero attached hydrogens (tertiary/aromatic N) is 1. The van der Waals surface area contributed by atoms with Crippen molar-refractivity contribution in [3.63, 3.8) is 0 Å². The molecule has 1 aliphatic rings. The highest BCUT2D eigenvalue weighted by atomic mass is 35.5. The number of benzene rings is 1. The number of alkyl halides is 3. The number of hydrogen-bond donors (Lipinski definition) is 1. The van der Waals surface area contributed by atoms with Gasteiger partial charge < -0.3 is 10.0 Å². The number of halogens is 4. The summed E-state index contributed by atoms with van der Waals surface area (Å²) in [6.07, 6.45) is -5.19. The molecule has 0 aliphatic carbocycles. The van der Waals surface area contributed by atoms with Crippen molar-refractivity contribution < 1.29 is 23.1 Å². The molecule has 0 unspecified atom stereocenters. The predicted molar refractivity (Wildman–Crippen MR) is 58.4 cm³/mol.